The van der Waals surface area contributed by atoms with Gasteiger partial charge < -0.3 is 15.2 Å². The van der Waals surface area contributed by atoms with E-state index in [9.17, 15) is 10.1 Å². The second-order valence-electron chi connectivity index (χ2n) is 4.61. The molecule has 0 aliphatic rings. The van der Waals surface area contributed by atoms with Crippen LogP contribution in [0.25, 0.3) is 0 Å². The molecule has 0 amide bonds. The fourth-order valence-corrected chi connectivity index (χ4v) is 1.92. The normalized spacial score (nSPS) is 10.5. The molecule has 1 aromatic carbocycles. The summed E-state index contributed by atoms with van der Waals surface area (Å²) in [4.78, 5) is 10.4. The maximum absolute atomic E-state index is 10.8. The van der Waals surface area contributed by atoms with Crippen LogP contribution in [-0.4, -0.2) is 30.3 Å². The number of benzene rings is 1. The van der Waals surface area contributed by atoms with Crippen LogP contribution in [-0.2, 0) is 6.54 Å². The Kier molecular flexibility index (Phi) is 7.60. The van der Waals surface area contributed by atoms with Crippen LogP contribution in [0, 0.1) is 10.1 Å². The van der Waals surface area contributed by atoms with Crippen molar-refractivity contribution in [3.63, 3.8) is 0 Å². The maximum Gasteiger partial charge on any atom is 0.273 e. The molecule has 0 aliphatic carbocycles. The van der Waals surface area contributed by atoms with Gasteiger partial charge >= 0.3 is 0 Å². The van der Waals surface area contributed by atoms with E-state index < -0.39 is 4.92 Å². The maximum atomic E-state index is 10.8. The van der Waals surface area contributed by atoms with Crippen molar-refractivity contribution >= 4 is 5.69 Å². The summed E-state index contributed by atoms with van der Waals surface area (Å²) in [7, 11) is 1.50. The highest BCUT2D eigenvalue weighted by Crippen LogP contribution is 2.22. The number of non-ortho nitro benzene ring substituents is 1. The number of nitro benzene ring substituents is 1. The van der Waals surface area contributed by atoms with Crippen molar-refractivity contribution in [3.8, 4) is 5.75 Å². The molecule has 6 heteroatoms. The van der Waals surface area contributed by atoms with E-state index in [0.717, 1.165) is 37.8 Å². The zero-order valence-corrected chi connectivity index (χ0v) is 11.8. The molecule has 0 heterocycles. The van der Waals surface area contributed by atoms with Crippen molar-refractivity contribution in [2.45, 2.75) is 32.2 Å². The van der Waals surface area contributed by atoms with Crippen molar-refractivity contribution in [2.75, 3.05) is 20.3 Å². The fraction of sp³-hybridized carbons (Fsp3) is 0.571. The lowest BCUT2D eigenvalue weighted by Gasteiger charge is -2.07. The SMILES string of the molecule is COc1cc(CNCCCCCCO)cc([N+](=O)[O-])c1. The Morgan fingerprint density at radius 3 is 2.65 bits per heavy atom. The van der Waals surface area contributed by atoms with Crippen LogP contribution in [0.15, 0.2) is 18.2 Å². The first-order valence-corrected chi connectivity index (χ1v) is 6.81. The highest BCUT2D eigenvalue weighted by Gasteiger charge is 2.09. The van der Waals surface area contributed by atoms with Crippen molar-refractivity contribution in [2.24, 2.45) is 0 Å². The number of hydrogen-bond acceptors (Lipinski definition) is 5. The van der Waals surface area contributed by atoms with E-state index >= 15 is 0 Å². The van der Waals surface area contributed by atoms with Gasteiger partial charge in [0.1, 0.15) is 5.75 Å². The Hall–Kier alpha value is -1.66. The zero-order valence-electron chi connectivity index (χ0n) is 11.8. The van der Waals surface area contributed by atoms with Crippen LogP contribution in [0.1, 0.15) is 31.2 Å². The molecule has 6 nitrogen and oxygen atoms in total. The Morgan fingerprint density at radius 2 is 2.00 bits per heavy atom. The summed E-state index contributed by atoms with van der Waals surface area (Å²) in [5, 5.41) is 22.7. The van der Waals surface area contributed by atoms with E-state index in [0.29, 0.717) is 12.3 Å². The van der Waals surface area contributed by atoms with Crippen LogP contribution >= 0.6 is 0 Å². The lowest BCUT2D eigenvalue weighted by atomic mass is 10.1. The monoisotopic (exact) mass is 282 g/mol. The second-order valence-corrected chi connectivity index (χ2v) is 4.61. The highest BCUT2D eigenvalue weighted by molar-refractivity contribution is 5.42. The van der Waals surface area contributed by atoms with Gasteiger partial charge in [-0.05, 0) is 31.0 Å². The van der Waals surface area contributed by atoms with E-state index in [1.165, 1.54) is 13.2 Å². The topological polar surface area (TPSA) is 84.6 Å². The lowest BCUT2D eigenvalue weighted by molar-refractivity contribution is -0.385. The molecule has 1 aromatic rings. The van der Waals surface area contributed by atoms with E-state index in [1.807, 2.05) is 0 Å². The molecule has 0 unspecified atom stereocenters. The van der Waals surface area contributed by atoms with Crippen LogP contribution < -0.4 is 10.1 Å². The third-order valence-corrected chi connectivity index (χ3v) is 2.99. The first-order valence-electron chi connectivity index (χ1n) is 6.81. The molecule has 0 saturated carbocycles. The van der Waals surface area contributed by atoms with Gasteiger partial charge in [0.2, 0.25) is 0 Å². The average Bonchev–Trinajstić information content (AvgIpc) is 2.46. The number of nitro groups is 1. The quantitative estimate of drug-likeness (QED) is 0.390. The lowest BCUT2D eigenvalue weighted by Crippen LogP contribution is -2.14. The zero-order chi connectivity index (χ0) is 14.8. The van der Waals surface area contributed by atoms with Gasteiger partial charge in [-0.25, -0.2) is 0 Å². The van der Waals surface area contributed by atoms with Crippen LogP contribution in [0.2, 0.25) is 0 Å². The minimum absolute atomic E-state index is 0.0455. The molecule has 0 aromatic heterocycles. The van der Waals surface area contributed by atoms with Gasteiger partial charge in [0, 0.05) is 19.2 Å². The fourth-order valence-electron chi connectivity index (χ4n) is 1.92. The van der Waals surface area contributed by atoms with Gasteiger partial charge in [-0.1, -0.05) is 12.8 Å². The Morgan fingerprint density at radius 1 is 1.25 bits per heavy atom. The Balaban J connectivity index is 2.39. The number of rotatable bonds is 10. The summed E-state index contributed by atoms with van der Waals surface area (Å²) in [5.74, 6) is 0.499. The summed E-state index contributed by atoms with van der Waals surface area (Å²) in [5.41, 5.74) is 0.885. The molecule has 0 atom stereocenters. The Bertz CT molecular complexity index is 424. The molecular weight excluding hydrogens is 260 g/mol. The van der Waals surface area contributed by atoms with E-state index in [4.69, 9.17) is 9.84 Å². The van der Waals surface area contributed by atoms with E-state index in [-0.39, 0.29) is 12.3 Å². The van der Waals surface area contributed by atoms with Crippen molar-refractivity contribution in [3.05, 3.63) is 33.9 Å². The molecule has 0 aliphatic heterocycles. The summed E-state index contributed by atoms with van der Waals surface area (Å²) in [6.45, 7) is 1.69. The average molecular weight is 282 g/mol. The molecule has 0 bridgehead atoms. The first kappa shape index (κ1) is 16.4. The number of aliphatic hydroxyl groups is 1. The predicted octanol–water partition coefficient (Wildman–Crippen LogP) is 2.25. The summed E-state index contributed by atoms with van der Waals surface area (Å²) < 4.78 is 5.06. The van der Waals surface area contributed by atoms with Gasteiger partial charge in [-0.15, -0.1) is 0 Å². The third-order valence-electron chi connectivity index (χ3n) is 2.99. The van der Waals surface area contributed by atoms with Gasteiger partial charge in [0.25, 0.3) is 5.69 Å². The molecule has 0 spiro atoms. The summed E-state index contributed by atoms with van der Waals surface area (Å²) in [6, 6.07) is 4.77. The number of unbranched alkanes of at least 4 members (excludes halogenated alkanes) is 3. The van der Waals surface area contributed by atoms with Gasteiger partial charge in [-0.3, -0.25) is 10.1 Å². The van der Waals surface area contributed by atoms with Gasteiger partial charge in [0.05, 0.1) is 18.1 Å². The highest BCUT2D eigenvalue weighted by atomic mass is 16.6. The Labute approximate surface area is 118 Å². The smallest absolute Gasteiger partial charge is 0.273 e. The number of ether oxygens (including phenoxy) is 1. The number of hydrogen-bond donors (Lipinski definition) is 2. The summed E-state index contributed by atoms with van der Waals surface area (Å²) in [6.07, 6.45) is 3.99. The molecule has 0 fully saturated rings. The molecule has 0 radical (unpaired) electrons. The minimum atomic E-state index is -0.416. The van der Waals surface area contributed by atoms with E-state index in [2.05, 4.69) is 5.32 Å². The van der Waals surface area contributed by atoms with Gasteiger partial charge in [0.15, 0.2) is 0 Å². The third kappa shape index (κ3) is 5.99. The van der Waals surface area contributed by atoms with Crippen LogP contribution in [0.4, 0.5) is 5.69 Å². The van der Waals surface area contributed by atoms with Crippen molar-refractivity contribution < 1.29 is 14.8 Å². The number of methoxy groups -OCH3 is 1. The second kappa shape index (κ2) is 9.28. The molecule has 20 heavy (non-hydrogen) atoms. The van der Waals surface area contributed by atoms with Crippen LogP contribution in [0.3, 0.4) is 0 Å². The minimum Gasteiger partial charge on any atom is -0.496 e. The number of nitrogens with zero attached hydrogens (tertiary/aromatic N) is 1. The first-order chi connectivity index (χ1) is 9.67. The molecule has 0 saturated heterocycles. The largest absolute Gasteiger partial charge is 0.496 e. The van der Waals surface area contributed by atoms with Crippen molar-refractivity contribution in [1.82, 2.24) is 5.32 Å². The molecule has 1 rings (SSSR count). The van der Waals surface area contributed by atoms with Gasteiger partial charge in [-0.2, -0.15) is 0 Å². The van der Waals surface area contributed by atoms with E-state index in [1.54, 1.807) is 12.1 Å². The molecule has 112 valence electrons. The predicted molar refractivity (Wildman–Crippen MR) is 76.9 cm³/mol. The van der Waals surface area contributed by atoms with Crippen molar-refractivity contribution in [1.29, 1.82) is 0 Å². The molecular formula is C14H22N2O4. The number of nitrogens with one attached hydrogen (secondary N) is 1. The van der Waals surface area contributed by atoms with Crippen LogP contribution in [0.5, 0.6) is 5.75 Å². The molecule has 2 N–H and O–H groups in total. The number of aliphatic hydroxyl groups excluding tert-OH is 1. The summed E-state index contributed by atoms with van der Waals surface area (Å²) >= 11 is 0. The standard InChI is InChI=1S/C14H22N2O4/c1-20-14-9-12(8-13(10-14)16(18)19)11-15-6-4-2-3-5-7-17/h8-10,15,17H,2-7,11H2,1H3.